The first-order valence-corrected chi connectivity index (χ1v) is 8.40. The second-order valence-electron chi connectivity index (χ2n) is 6.25. The maximum absolute atomic E-state index is 14.3. The van der Waals surface area contributed by atoms with Gasteiger partial charge in [0, 0.05) is 19.2 Å². The van der Waals surface area contributed by atoms with Gasteiger partial charge >= 0.3 is 0 Å². The fourth-order valence-corrected chi connectivity index (χ4v) is 2.83. The first-order chi connectivity index (χ1) is 13.0. The van der Waals surface area contributed by atoms with Crippen LogP contribution in [0.4, 0.5) is 21.6 Å². The molecule has 0 atom stereocenters. The zero-order chi connectivity index (χ0) is 19.1. The first-order valence-electron chi connectivity index (χ1n) is 8.40. The number of aromatic nitrogens is 1. The molecule has 8 nitrogen and oxygen atoms in total. The number of benzene rings is 1. The van der Waals surface area contributed by atoms with E-state index in [4.69, 9.17) is 9.47 Å². The Morgan fingerprint density at radius 2 is 2.07 bits per heavy atom. The van der Waals surface area contributed by atoms with E-state index in [1.807, 2.05) is 0 Å². The van der Waals surface area contributed by atoms with Gasteiger partial charge in [-0.3, -0.25) is 9.59 Å². The standard InChI is InChI=1S/C18H17FN4O4/c1-20-18(25)9-7-21-16(23-17(24)8-3-4-8)15-12(9)22-13-11(26-2)6-5-10(19)14(13)27-15/h5-8,22H,3-4H2,1-2H3,(H,20,25)(H,21,23,24). The van der Waals surface area contributed by atoms with Crippen molar-refractivity contribution in [2.45, 2.75) is 12.8 Å². The van der Waals surface area contributed by atoms with Crippen LogP contribution in [0, 0.1) is 11.7 Å². The number of nitrogens with one attached hydrogen (secondary N) is 3. The molecule has 140 valence electrons. The second-order valence-corrected chi connectivity index (χ2v) is 6.25. The van der Waals surface area contributed by atoms with Gasteiger partial charge in [0.25, 0.3) is 5.91 Å². The first kappa shape index (κ1) is 17.1. The van der Waals surface area contributed by atoms with Gasteiger partial charge < -0.3 is 25.4 Å². The topological polar surface area (TPSA) is 102 Å². The molecule has 1 fully saturated rings. The average molecular weight is 372 g/mol. The minimum absolute atomic E-state index is 0.0540. The molecule has 0 spiro atoms. The monoisotopic (exact) mass is 372 g/mol. The van der Waals surface area contributed by atoms with Gasteiger partial charge in [0.1, 0.15) is 17.1 Å². The van der Waals surface area contributed by atoms with E-state index in [2.05, 4.69) is 20.9 Å². The quantitative estimate of drug-likeness (QED) is 0.651. The third-order valence-electron chi connectivity index (χ3n) is 4.44. The van der Waals surface area contributed by atoms with Crippen molar-refractivity contribution in [3.63, 3.8) is 0 Å². The molecule has 1 saturated carbocycles. The summed E-state index contributed by atoms with van der Waals surface area (Å²) in [6.07, 6.45) is 2.96. The van der Waals surface area contributed by atoms with Crippen LogP contribution in [0.15, 0.2) is 18.3 Å². The zero-order valence-electron chi connectivity index (χ0n) is 14.7. The lowest BCUT2D eigenvalue weighted by atomic mass is 10.1. The number of hydrogen-bond donors (Lipinski definition) is 3. The highest BCUT2D eigenvalue weighted by Gasteiger charge is 2.34. The predicted octanol–water partition coefficient (Wildman–Crippen LogP) is 2.79. The van der Waals surface area contributed by atoms with Crippen molar-refractivity contribution in [3.8, 4) is 17.2 Å². The van der Waals surface area contributed by atoms with E-state index >= 15 is 0 Å². The van der Waals surface area contributed by atoms with Crippen molar-refractivity contribution in [1.29, 1.82) is 0 Å². The Bertz CT molecular complexity index is 959. The van der Waals surface area contributed by atoms with Crippen molar-refractivity contribution in [3.05, 3.63) is 29.7 Å². The zero-order valence-corrected chi connectivity index (χ0v) is 14.7. The van der Waals surface area contributed by atoms with Crippen LogP contribution >= 0.6 is 0 Å². The predicted molar refractivity (Wildman–Crippen MR) is 95.3 cm³/mol. The molecule has 2 amide bonds. The summed E-state index contributed by atoms with van der Waals surface area (Å²) < 4.78 is 25.3. The Morgan fingerprint density at radius 1 is 1.30 bits per heavy atom. The Morgan fingerprint density at radius 3 is 2.74 bits per heavy atom. The molecule has 0 saturated heterocycles. The van der Waals surface area contributed by atoms with Crippen LogP contribution in [0.1, 0.15) is 23.2 Å². The molecule has 9 heteroatoms. The van der Waals surface area contributed by atoms with Gasteiger partial charge in [-0.25, -0.2) is 9.37 Å². The Hall–Kier alpha value is -3.36. The van der Waals surface area contributed by atoms with Gasteiger partial charge in [0.15, 0.2) is 23.1 Å². The van der Waals surface area contributed by atoms with Crippen molar-refractivity contribution in [2.24, 2.45) is 5.92 Å². The molecule has 1 aliphatic carbocycles. The fourth-order valence-electron chi connectivity index (χ4n) is 2.83. The van der Waals surface area contributed by atoms with E-state index in [1.165, 1.54) is 32.5 Å². The highest BCUT2D eigenvalue weighted by molar-refractivity contribution is 6.05. The van der Waals surface area contributed by atoms with E-state index in [1.54, 1.807) is 0 Å². The summed E-state index contributed by atoms with van der Waals surface area (Å²) in [4.78, 5) is 28.5. The maximum Gasteiger partial charge on any atom is 0.254 e. The van der Waals surface area contributed by atoms with E-state index < -0.39 is 11.7 Å². The number of pyridine rings is 1. The largest absolute Gasteiger partial charge is 0.494 e. The fraction of sp³-hybridized carbons (Fsp3) is 0.278. The van der Waals surface area contributed by atoms with E-state index in [0.29, 0.717) is 5.75 Å². The summed E-state index contributed by atoms with van der Waals surface area (Å²) in [5, 5.41) is 8.21. The van der Waals surface area contributed by atoms with Crippen LogP contribution in [-0.2, 0) is 4.79 Å². The van der Waals surface area contributed by atoms with Crippen LogP contribution in [0.2, 0.25) is 0 Å². The highest BCUT2D eigenvalue weighted by atomic mass is 19.1. The molecule has 4 rings (SSSR count). The van der Waals surface area contributed by atoms with Gasteiger partial charge in [-0.05, 0) is 25.0 Å². The maximum atomic E-state index is 14.3. The number of hydrogen-bond acceptors (Lipinski definition) is 6. The molecule has 1 aliphatic heterocycles. The molecule has 1 aromatic heterocycles. The number of carbonyl (C=O) groups is 2. The number of rotatable bonds is 4. The van der Waals surface area contributed by atoms with Crippen LogP contribution in [-0.4, -0.2) is 31.0 Å². The summed E-state index contributed by atoms with van der Waals surface area (Å²) in [6, 6.07) is 2.66. The number of halogens is 1. The number of nitrogens with zero attached hydrogens (tertiary/aromatic N) is 1. The Balaban J connectivity index is 1.83. The van der Waals surface area contributed by atoms with Crippen LogP contribution < -0.4 is 25.4 Å². The minimum Gasteiger partial charge on any atom is -0.494 e. The van der Waals surface area contributed by atoms with E-state index in [9.17, 15) is 14.0 Å². The number of amides is 2. The average Bonchev–Trinajstić information content (AvgIpc) is 3.52. The number of ether oxygens (including phenoxy) is 2. The molecule has 27 heavy (non-hydrogen) atoms. The SMILES string of the molecule is CNC(=O)c1cnc(NC(=O)C2CC2)c2c1Nc1c(OC)ccc(F)c1O2. The number of anilines is 3. The molecular formula is C18H17FN4O4. The summed E-state index contributed by atoms with van der Waals surface area (Å²) in [6.45, 7) is 0. The second kappa shape index (κ2) is 6.42. The summed E-state index contributed by atoms with van der Waals surface area (Å²) >= 11 is 0. The lowest BCUT2D eigenvalue weighted by Crippen LogP contribution is -2.22. The molecular weight excluding hydrogens is 355 g/mol. The number of carbonyl (C=O) groups excluding carboxylic acids is 2. The summed E-state index contributed by atoms with van der Waals surface area (Å²) in [5.74, 6) is -0.818. The molecule has 2 aromatic rings. The lowest BCUT2D eigenvalue weighted by Gasteiger charge is -2.26. The van der Waals surface area contributed by atoms with Crippen molar-refractivity contribution in [1.82, 2.24) is 10.3 Å². The van der Waals surface area contributed by atoms with Crippen molar-refractivity contribution < 1.29 is 23.5 Å². The Kier molecular flexibility index (Phi) is 4.06. The molecule has 0 unspecified atom stereocenters. The van der Waals surface area contributed by atoms with Crippen LogP contribution in [0.5, 0.6) is 17.2 Å². The molecule has 2 aliphatic rings. The third-order valence-corrected chi connectivity index (χ3v) is 4.44. The minimum atomic E-state index is -0.617. The highest BCUT2D eigenvalue weighted by Crippen LogP contribution is 2.51. The molecule has 0 radical (unpaired) electrons. The van der Waals surface area contributed by atoms with Gasteiger partial charge in [-0.1, -0.05) is 0 Å². The van der Waals surface area contributed by atoms with Gasteiger partial charge in [-0.2, -0.15) is 0 Å². The molecule has 0 bridgehead atoms. The normalized spacial score (nSPS) is 14.2. The van der Waals surface area contributed by atoms with Gasteiger partial charge in [-0.15, -0.1) is 0 Å². The molecule has 2 heterocycles. The van der Waals surface area contributed by atoms with Gasteiger partial charge in [0.2, 0.25) is 5.91 Å². The molecule has 1 aromatic carbocycles. The summed E-state index contributed by atoms with van der Waals surface area (Å²) in [7, 11) is 2.92. The van der Waals surface area contributed by atoms with E-state index in [-0.39, 0.29) is 46.1 Å². The van der Waals surface area contributed by atoms with Crippen LogP contribution in [0.3, 0.4) is 0 Å². The lowest BCUT2D eigenvalue weighted by molar-refractivity contribution is -0.117. The van der Waals surface area contributed by atoms with E-state index in [0.717, 1.165) is 12.8 Å². The Labute approximate surface area is 154 Å². The number of methoxy groups -OCH3 is 1. The third kappa shape index (κ3) is 2.90. The molecule has 3 N–H and O–H groups in total. The summed E-state index contributed by atoms with van der Waals surface area (Å²) in [5.41, 5.74) is 0.710. The van der Waals surface area contributed by atoms with Crippen LogP contribution in [0.25, 0.3) is 0 Å². The van der Waals surface area contributed by atoms with Gasteiger partial charge in [0.05, 0.1) is 12.7 Å². The smallest absolute Gasteiger partial charge is 0.254 e. The number of fused-ring (bicyclic) bond motifs is 2. The van der Waals surface area contributed by atoms with Crippen molar-refractivity contribution in [2.75, 3.05) is 24.8 Å². The van der Waals surface area contributed by atoms with Crippen molar-refractivity contribution >= 4 is 29.0 Å².